The Morgan fingerprint density at radius 1 is 1.71 bits per heavy atom. The Hall–Kier alpha value is -1.12. The van der Waals surface area contributed by atoms with Crippen molar-refractivity contribution in [2.24, 2.45) is 0 Å². The lowest BCUT2D eigenvalue weighted by molar-refractivity contribution is -0.367. The number of allylic oxidation sites excluding steroid dienone is 1. The zero-order chi connectivity index (χ0) is 5.28. The van der Waals surface area contributed by atoms with Crippen LogP contribution in [0.15, 0.2) is 12.2 Å². The molecule has 3 heteroatoms. The van der Waals surface area contributed by atoms with E-state index < -0.39 is 5.91 Å². The highest BCUT2D eigenvalue weighted by Crippen LogP contribution is 1.84. The SMILES string of the molecule is O=C1C=CC=[N+]1[O-]. The molecule has 0 aromatic rings. The molecule has 0 unspecified atom stereocenters. The second-order valence-electron chi connectivity index (χ2n) is 1.17. The highest BCUT2D eigenvalue weighted by atomic mass is 16.5. The van der Waals surface area contributed by atoms with Crippen LogP contribution < -0.4 is 0 Å². The molecular formula is C4H3NO2. The van der Waals surface area contributed by atoms with Crippen molar-refractivity contribution >= 4 is 12.1 Å². The van der Waals surface area contributed by atoms with E-state index in [1.807, 2.05) is 0 Å². The smallest absolute Gasteiger partial charge is 0.423 e. The quantitative estimate of drug-likeness (QED) is 0.306. The molecule has 3 nitrogen and oxygen atoms in total. The number of hydrogen-bond donors (Lipinski definition) is 0. The van der Waals surface area contributed by atoms with Gasteiger partial charge in [0.05, 0.1) is 6.08 Å². The zero-order valence-electron chi connectivity index (χ0n) is 3.50. The van der Waals surface area contributed by atoms with Gasteiger partial charge in [-0.1, -0.05) is 0 Å². The standard InChI is InChI=1S/C4H3NO2/c6-4-2-1-3-5(4)7/h1-3H. The Bertz CT molecular complexity index is 157. The molecule has 1 rings (SSSR count). The fraction of sp³-hybridized carbons (Fsp3) is 0. The van der Waals surface area contributed by atoms with E-state index in [-0.39, 0.29) is 4.74 Å². The van der Waals surface area contributed by atoms with Crippen LogP contribution in [0.4, 0.5) is 0 Å². The Labute approximate surface area is 40.2 Å². The minimum atomic E-state index is -0.500. The first kappa shape index (κ1) is 4.05. The summed E-state index contributed by atoms with van der Waals surface area (Å²) in [5, 5.41) is 10.0. The van der Waals surface area contributed by atoms with E-state index in [1.165, 1.54) is 18.4 Å². The minimum Gasteiger partial charge on any atom is -0.616 e. The highest BCUT2D eigenvalue weighted by molar-refractivity contribution is 5.93. The second-order valence-corrected chi connectivity index (χ2v) is 1.17. The van der Waals surface area contributed by atoms with Gasteiger partial charge in [-0.2, -0.15) is 0 Å². The van der Waals surface area contributed by atoms with Crippen molar-refractivity contribution in [1.82, 2.24) is 0 Å². The summed E-state index contributed by atoms with van der Waals surface area (Å²) in [6, 6.07) is 0. The fourth-order valence-electron chi connectivity index (χ4n) is 0.350. The van der Waals surface area contributed by atoms with Crippen LogP contribution in [0.1, 0.15) is 0 Å². The first-order chi connectivity index (χ1) is 3.30. The van der Waals surface area contributed by atoms with Gasteiger partial charge in [0, 0.05) is 6.08 Å². The third-order valence-electron chi connectivity index (χ3n) is 0.677. The van der Waals surface area contributed by atoms with Gasteiger partial charge in [0.2, 0.25) is 0 Å². The van der Waals surface area contributed by atoms with E-state index in [9.17, 15) is 10.0 Å². The average molecular weight is 97.1 g/mol. The average Bonchev–Trinajstić information content (AvgIpc) is 1.91. The predicted octanol–water partition coefficient (Wildman–Crippen LogP) is -0.336. The van der Waals surface area contributed by atoms with Crippen molar-refractivity contribution in [2.75, 3.05) is 0 Å². The summed E-state index contributed by atoms with van der Waals surface area (Å²) in [6.45, 7) is 0. The van der Waals surface area contributed by atoms with Crippen LogP contribution in [0.5, 0.6) is 0 Å². The lowest BCUT2D eigenvalue weighted by atomic mass is 10.6. The third kappa shape index (κ3) is 0.513. The van der Waals surface area contributed by atoms with Crippen molar-refractivity contribution in [1.29, 1.82) is 0 Å². The molecule has 36 valence electrons. The molecule has 7 heavy (non-hydrogen) atoms. The molecule has 0 spiro atoms. The maximum absolute atomic E-state index is 10.1. The molecule has 0 N–H and O–H groups in total. The molecule has 0 radical (unpaired) electrons. The van der Waals surface area contributed by atoms with Crippen molar-refractivity contribution in [3.8, 4) is 0 Å². The molecule has 0 aliphatic carbocycles. The Balaban J connectivity index is 2.89. The highest BCUT2D eigenvalue weighted by Gasteiger charge is 2.07. The zero-order valence-corrected chi connectivity index (χ0v) is 3.50. The van der Waals surface area contributed by atoms with E-state index in [1.54, 1.807) is 0 Å². The van der Waals surface area contributed by atoms with Gasteiger partial charge in [0.1, 0.15) is 0 Å². The summed E-state index contributed by atoms with van der Waals surface area (Å²) in [5.74, 6) is -0.500. The minimum absolute atomic E-state index is 0.278. The molecule has 1 heterocycles. The number of amides is 1. The normalized spacial score (nSPS) is 17.7. The summed E-state index contributed by atoms with van der Waals surface area (Å²) in [6.07, 6.45) is 3.80. The van der Waals surface area contributed by atoms with Crippen LogP contribution in [-0.2, 0) is 4.79 Å². The molecule has 0 saturated heterocycles. The number of hydroxylamine groups is 1. The molecule has 0 fully saturated rings. The molecule has 0 bridgehead atoms. The van der Waals surface area contributed by atoms with Gasteiger partial charge in [0.25, 0.3) is 0 Å². The molecular weight excluding hydrogens is 94.0 g/mol. The van der Waals surface area contributed by atoms with E-state index >= 15 is 0 Å². The van der Waals surface area contributed by atoms with Gasteiger partial charge < -0.3 is 5.21 Å². The lowest BCUT2D eigenvalue weighted by Gasteiger charge is -1.87. The Morgan fingerprint density at radius 2 is 2.43 bits per heavy atom. The van der Waals surface area contributed by atoms with E-state index in [0.29, 0.717) is 0 Å². The summed E-state index contributed by atoms with van der Waals surface area (Å²) in [5.41, 5.74) is 0. The van der Waals surface area contributed by atoms with Crippen LogP contribution >= 0.6 is 0 Å². The summed E-state index contributed by atoms with van der Waals surface area (Å²) >= 11 is 0. The van der Waals surface area contributed by atoms with Crippen molar-refractivity contribution in [3.05, 3.63) is 17.4 Å². The molecule has 0 atom stereocenters. The molecule has 0 aromatic carbocycles. The van der Waals surface area contributed by atoms with Crippen LogP contribution in [-0.4, -0.2) is 16.9 Å². The van der Waals surface area contributed by atoms with E-state index in [0.717, 1.165) is 0 Å². The van der Waals surface area contributed by atoms with E-state index in [2.05, 4.69) is 0 Å². The first-order valence-corrected chi connectivity index (χ1v) is 1.82. The third-order valence-corrected chi connectivity index (χ3v) is 0.677. The first-order valence-electron chi connectivity index (χ1n) is 1.82. The van der Waals surface area contributed by atoms with Gasteiger partial charge in [-0.05, 0) is 0 Å². The van der Waals surface area contributed by atoms with Gasteiger partial charge in [0.15, 0.2) is 6.21 Å². The van der Waals surface area contributed by atoms with Crippen LogP contribution in [0.2, 0.25) is 0 Å². The maximum Gasteiger partial charge on any atom is 0.423 e. The molecule has 0 saturated carbocycles. The van der Waals surface area contributed by atoms with E-state index in [4.69, 9.17) is 0 Å². The number of carbonyl (C=O) groups excluding carboxylic acids is 1. The van der Waals surface area contributed by atoms with Crippen molar-refractivity contribution in [3.63, 3.8) is 0 Å². The monoisotopic (exact) mass is 97.0 g/mol. The fourth-order valence-corrected chi connectivity index (χ4v) is 0.350. The van der Waals surface area contributed by atoms with Crippen LogP contribution in [0.3, 0.4) is 0 Å². The summed E-state index contributed by atoms with van der Waals surface area (Å²) in [7, 11) is 0. The molecule has 0 aromatic heterocycles. The number of carbonyl (C=O) groups is 1. The Morgan fingerprint density at radius 3 is 2.57 bits per heavy atom. The van der Waals surface area contributed by atoms with Crippen molar-refractivity contribution < 1.29 is 9.53 Å². The molecule has 1 amide bonds. The van der Waals surface area contributed by atoms with Gasteiger partial charge in [-0.3, -0.25) is 0 Å². The topological polar surface area (TPSA) is 43.1 Å². The van der Waals surface area contributed by atoms with Crippen LogP contribution in [0, 0.1) is 5.21 Å². The number of hydrogen-bond acceptors (Lipinski definition) is 2. The molecule has 1 aliphatic rings. The Kier molecular flexibility index (Phi) is 0.685. The second kappa shape index (κ2) is 1.18. The van der Waals surface area contributed by atoms with Gasteiger partial charge in [-0.25, -0.2) is 4.79 Å². The predicted molar refractivity (Wildman–Crippen MR) is 23.8 cm³/mol. The number of rotatable bonds is 0. The number of nitrogens with zero attached hydrogens (tertiary/aromatic N) is 1. The van der Waals surface area contributed by atoms with Crippen LogP contribution in [0.25, 0.3) is 0 Å². The maximum atomic E-state index is 10.1. The van der Waals surface area contributed by atoms with Crippen molar-refractivity contribution in [2.45, 2.75) is 0 Å². The van der Waals surface area contributed by atoms with Gasteiger partial charge >= 0.3 is 5.91 Å². The lowest BCUT2D eigenvalue weighted by Crippen LogP contribution is -2.05. The largest absolute Gasteiger partial charge is 0.616 e. The summed E-state index contributed by atoms with van der Waals surface area (Å²) in [4.78, 5) is 10.1. The van der Waals surface area contributed by atoms with Gasteiger partial charge in [-0.15, -0.1) is 4.74 Å². The molecule has 1 aliphatic heterocycles. The summed E-state index contributed by atoms with van der Waals surface area (Å²) < 4.78 is 0.278.